The quantitative estimate of drug-likeness (QED) is 0.408. The van der Waals surface area contributed by atoms with Crippen molar-refractivity contribution in [2.75, 3.05) is 6.54 Å². The molecule has 1 amide bonds. The van der Waals surface area contributed by atoms with Gasteiger partial charge < -0.3 is 4.90 Å². The van der Waals surface area contributed by atoms with Gasteiger partial charge in [-0.25, -0.2) is 4.98 Å². The smallest absolute Gasteiger partial charge is 0.261 e. The van der Waals surface area contributed by atoms with Gasteiger partial charge in [-0.1, -0.05) is 51.5 Å². The summed E-state index contributed by atoms with van der Waals surface area (Å²) in [7, 11) is 0. The first-order valence-electron chi connectivity index (χ1n) is 11.9. The Bertz CT molecular complexity index is 1100. The van der Waals surface area contributed by atoms with Crippen molar-refractivity contribution in [2.45, 2.75) is 72.4 Å². The van der Waals surface area contributed by atoms with Crippen LogP contribution in [0.3, 0.4) is 0 Å². The van der Waals surface area contributed by atoms with Crippen molar-refractivity contribution in [3.05, 3.63) is 75.8 Å². The molecule has 1 aromatic heterocycles. The fraction of sp³-hybridized carbons (Fsp3) is 0.444. The van der Waals surface area contributed by atoms with E-state index in [-0.39, 0.29) is 17.5 Å². The van der Waals surface area contributed by atoms with E-state index in [1.165, 1.54) is 5.56 Å². The Morgan fingerprint density at radius 2 is 1.72 bits per heavy atom. The molecule has 5 nitrogen and oxygen atoms in total. The van der Waals surface area contributed by atoms with E-state index in [4.69, 9.17) is 4.98 Å². The molecule has 32 heavy (non-hydrogen) atoms. The summed E-state index contributed by atoms with van der Waals surface area (Å²) in [5.41, 5.74) is 2.57. The minimum Gasteiger partial charge on any atom is -0.329 e. The third-order valence-corrected chi connectivity index (χ3v) is 5.92. The van der Waals surface area contributed by atoms with Crippen LogP contribution in [0.1, 0.15) is 81.2 Å². The van der Waals surface area contributed by atoms with Crippen molar-refractivity contribution in [3.8, 4) is 0 Å². The lowest BCUT2D eigenvalue weighted by molar-refractivity contribution is 0.0679. The summed E-state index contributed by atoms with van der Waals surface area (Å²) in [5, 5.41) is 0.618. The Kier molecular flexibility index (Phi) is 8.20. The highest BCUT2D eigenvalue weighted by molar-refractivity contribution is 5.94. The van der Waals surface area contributed by atoms with Crippen molar-refractivity contribution in [3.63, 3.8) is 0 Å². The average Bonchev–Trinajstić information content (AvgIpc) is 2.82. The maximum absolute atomic E-state index is 13.5. The summed E-state index contributed by atoms with van der Waals surface area (Å²) in [5.74, 6) is 0.628. The van der Waals surface area contributed by atoms with Gasteiger partial charge in [0, 0.05) is 18.7 Å². The van der Waals surface area contributed by atoms with Crippen LogP contribution in [0.15, 0.2) is 53.3 Å². The van der Waals surface area contributed by atoms with Crippen LogP contribution in [0, 0.1) is 0 Å². The number of fused-ring (bicyclic) bond motifs is 1. The van der Waals surface area contributed by atoms with Gasteiger partial charge in [-0.3, -0.25) is 14.2 Å². The highest BCUT2D eigenvalue weighted by atomic mass is 16.2. The molecule has 2 aromatic carbocycles. The van der Waals surface area contributed by atoms with Crippen LogP contribution >= 0.6 is 0 Å². The standard InChI is InChI=1S/C27H35N3O2/c1-5-8-11-21-14-16-22(17-15-21)26(31)29(18-6-2)20(4)25-28-24-13-10-9-12-23(24)27(32)30(25)19-7-3/h9-10,12-17,20H,5-8,11,18-19H2,1-4H3/t20-/m0/s1. The molecule has 0 N–H and O–H groups in total. The molecule has 0 saturated carbocycles. The van der Waals surface area contributed by atoms with Gasteiger partial charge >= 0.3 is 0 Å². The van der Waals surface area contributed by atoms with E-state index in [0.717, 1.165) is 32.1 Å². The van der Waals surface area contributed by atoms with Crippen LogP contribution in [0.5, 0.6) is 0 Å². The zero-order valence-corrected chi connectivity index (χ0v) is 19.8. The molecule has 0 aliphatic rings. The molecule has 0 radical (unpaired) electrons. The normalized spacial score (nSPS) is 12.1. The van der Waals surface area contributed by atoms with E-state index in [1.54, 1.807) is 4.57 Å². The van der Waals surface area contributed by atoms with Crippen molar-refractivity contribution in [1.29, 1.82) is 0 Å². The van der Waals surface area contributed by atoms with Gasteiger partial charge in [0.15, 0.2) is 0 Å². The third-order valence-electron chi connectivity index (χ3n) is 5.92. The van der Waals surface area contributed by atoms with Gasteiger partial charge in [0.2, 0.25) is 0 Å². The number of hydrogen-bond donors (Lipinski definition) is 0. The summed E-state index contributed by atoms with van der Waals surface area (Å²) < 4.78 is 1.75. The van der Waals surface area contributed by atoms with Gasteiger partial charge in [-0.15, -0.1) is 0 Å². The number of aryl methyl sites for hydroxylation is 1. The number of carbonyl (C=O) groups is 1. The van der Waals surface area contributed by atoms with Crippen LogP contribution in [-0.4, -0.2) is 26.9 Å². The van der Waals surface area contributed by atoms with Gasteiger partial charge in [-0.05, 0) is 62.4 Å². The fourth-order valence-corrected chi connectivity index (χ4v) is 4.16. The molecule has 3 rings (SSSR count). The van der Waals surface area contributed by atoms with E-state index in [2.05, 4.69) is 26.0 Å². The monoisotopic (exact) mass is 433 g/mol. The second kappa shape index (κ2) is 11.1. The minimum absolute atomic E-state index is 0.0214. The number of amides is 1. The van der Waals surface area contributed by atoms with Crippen LogP contribution < -0.4 is 5.56 Å². The minimum atomic E-state index is -0.314. The molecule has 170 valence electrons. The zero-order chi connectivity index (χ0) is 23.1. The summed E-state index contributed by atoms with van der Waals surface area (Å²) in [6, 6.07) is 15.1. The van der Waals surface area contributed by atoms with Crippen molar-refractivity contribution < 1.29 is 4.79 Å². The van der Waals surface area contributed by atoms with E-state index >= 15 is 0 Å². The molecule has 0 fully saturated rings. The largest absolute Gasteiger partial charge is 0.329 e. The van der Waals surface area contributed by atoms with Crippen molar-refractivity contribution in [1.82, 2.24) is 14.5 Å². The van der Waals surface area contributed by atoms with E-state index in [1.807, 2.05) is 55.1 Å². The number of para-hydroxylation sites is 1. The van der Waals surface area contributed by atoms with Gasteiger partial charge in [0.05, 0.1) is 16.9 Å². The van der Waals surface area contributed by atoms with Gasteiger partial charge in [-0.2, -0.15) is 0 Å². The first kappa shape index (κ1) is 23.7. The van der Waals surface area contributed by atoms with Gasteiger partial charge in [0.1, 0.15) is 5.82 Å². The Morgan fingerprint density at radius 1 is 1.00 bits per heavy atom. The lowest BCUT2D eigenvalue weighted by Gasteiger charge is -2.30. The predicted octanol–water partition coefficient (Wildman–Crippen LogP) is 5.76. The summed E-state index contributed by atoms with van der Waals surface area (Å²) in [4.78, 5) is 33.4. The number of nitrogens with zero attached hydrogens (tertiary/aromatic N) is 3. The molecule has 3 aromatic rings. The molecule has 0 unspecified atom stereocenters. The van der Waals surface area contributed by atoms with Crippen LogP contribution in [-0.2, 0) is 13.0 Å². The average molecular weight is 434 g/mol. The van der Waals surface area contributed by atoms with Crippen LogP contribution in [0.25, 0.3) is 10.9 Å². The lowest BCUT2D eigenvalue weighted by Crippen LogP contribution is -2.38. The molecule has 0 aliphatic carbocycles. The molecule has 0 aliphatic heterocycles. The maximum Gasteiger partial charge on any atom is 0.261 e. The Balaban J connectivity index is 1.99. The van der Waals surface area contributed by atoms with Crippen LogP contribution in [0.4, 0.5) is 0 Å². The first-order chi connectivity index (χ1) is 15.5. The maximum atomic E-state index is 13.5. The molecular formula is C27H35N3O2. The van der Waals surface area contributed by atoms with Crippen molar-refractivity contribution in [2.24, 2.45) is 0 Å². The summed E-state index contributed by atoms with van der Waals surface area (Å²) >= 11 is 0. The van der Waals surface area contributed by atoms with Crippen molar-refractivity contribution >= 4 is 16.8 Å². The predicted molar refractivity (Wildman–Crippen MR) is 131 cm³/mol. The number of hydrogen-bond acceptors (Lipinski definition) is 3. The third kappa shape index (κ3) is 5.09. The topological polar surface area (TPSA) is 55.2 Å². The molecule has 1 atom stereocenters. The number of benzene rings is 2. The first-order valence-corrected chi connectivity index (χ1v) is 11.9. The van der Waals surface area contributed by atoms with E-state index in [9.17, 15) is 9.59 Å². The second-order valence-corrected chi connectivity index (χ2v) is 8.42. The molecule has 0 bridgehead atoms. The highest BCUT2D eigenvalue weighted by Gasteiger charge is 2.26. The SMILES string of the molecule is CCCCc1ccc(C(=O)N(CCC)[C@@H](C)c2nc3ccccc3c(=O)n2CCC)cc1. The lowest BCUT2D eigenvalue weighted by atomic mass is 10.0. The summed E-state index contributed by atoms with van der Waals surface area (Å²) in [6.07, 6.45) is 4.98. The van der Waals surface area contributed by atoms with Gasteiger partial charge in [0.25, 0.3) is 11.5 Å². The molecule has 5 heteroatoms. The molecule has 0 saturated heterocycles. The number of unbranched alkanes of at least 4 members (excludes halogenated alkanes) is 1. The zero-order valence-electron chi connectivity index (χ0n) is 19.8. The Labute approximate surface area is 191 Å². The molecule has 0 spiro atoms. The van der Waals surface area contributed by atoms with E-state index in [0.29, 0.717) is 35.4 Å². The second-order valence-electron chi connectivity index (χ2n) is 8.42. The molecular weight excluding hydrogens is 398 g/mol. The Morgan fingerprint density at radius 3 is 2.38 bits per heavy atom. The Hall–Kier alpha value is -2.95. The summed E-state index contributed by atoms with van der Waals surface area (Å²) in [6.45, 7) is 9.45. The number of rotatable bonds is 10. The highest BCUT2D eigenvalue weighted by Crippen LogP contribution is 2.23. The number of carbonyl (C=O) groups excluding carboxylic acids is 1. The van der Waals surface area contributed by atoms with Crippen LogP contribution in [0.2, 0.25) is 0 Å². The number of aromatic nitrogens is 2. The molecule has 1 heterocycles. The fourth-order valence-electron chi connectivity index (χ4n) is 4.16. The van der Waals surface area contributed by atoms with E-state index < -0.39 is 0 Å².